The van der Waals surface area contributed by atoms with Crippen molar-refractivity contribution >= 4 is 41.8 Å². The van der Waals surface area contributed by atoms with E-state index in [1.54, 1.807) is 0 Å². The molecule has 0 N–H and O–H groups in total. The molecule has 0 radical (unpaired) electrons. The van der Waals surface area contributed by atoms with Gasteiger partial charge in [0.05, 0.1) is 11.8 Å². The number of allylic oxidation sites excluding steroid dienone is 2. The number of carbonyl (C=O) groups is 2. The van der Waals surface area contributed by atoms with Gasteiger partial charge in [0.2, 0.25) is 11.8 Å². The first-order chi connectivity index (χ1) is 10.9. The maximum atomic E-state index is 12.6. The van der Waals surface area contributed by atoms with Gasteiger partial charge in [0.25, 0.3) is 0 Å². The molecule has 0 aromatic carbocycles. The predicted molar refractivity (Wildman–Crippen MR) is 104 cm³/mol. The Morgan fingerprint density at radius 3 is 2.04 bits per heavy atom. The minimum absolute atomic E-state index is 0. The fourth-order valence-corrected chi connectivity index (χ4v) is 4.28. The quantitative estimate of drug-likeness (QED) is 0.163. The van der Waals surface area contributed by atoms with Crippen LogP contribution in [-0.2, 0) is 9.59 Å². The third-order valence-corrected chi connectivity index (χ3v) is 5.15. The van der Waals surface area contributed by atoms with Gasteiger partial charge in [0.15, 0.2) is 5.96 Å². The van der Waals surface area contributed by atoms with Crippen molar-refractivity contribution < 1.29 is 9.59 Å². The highest BCUT2D eigenvalue weighted by atomic mass is 127. The van der Waals surface area contributed by atoms with E-state index in [-0.39, 0.29) is 47.6 Å². The highest BCUT2D eigenvalue weighted by Crippen LogP contribution is 2.52. The Hall–Kier alpha value is -1.12. The van der Waals surface area contributed by atoms with Crippen molar-refractivity contribution in [2.24, 2.45) is 28.7 Å². The second-order valence-electron chi connectivity index (χ2n) is 7.15. The number of imide groups is 1. The number of aliphatic imine (C=N–C) groups is 1. The molecular formula is C17H27IN4O2. The molecule has 0 spiro atoms. The number of amides is 2. The number of fused-ring (bicyclic) bond motifs is 5. The second-order valence-corrected chi connectivity index (χ2v) is 7.15. The molecule has 2 bridgehead atoms. The fraction of sp³-hybridized carbons (Fsp3) is 0.706. The third kappa shape index (κ3) is 3.19. The maximum absolute atomic E-state index is 12.6. The largest absolute Gasteiger partial charge is 0.349 e. The lowest BCUT2D eigenvalue weighted by Gasteiger charge is -2.23. The van der Waals surface area contributed by atoms with Crippen LogP contribution in [0.5, 0.6) is 0 Å². The highest BCUT2D eigenvalue weighted by Gasteiger charge is 2.58. The Morgan fingerprint density at radius 1 is 1.08 bits per heavy atom. The van der Waals surface area contributed by atoms with Crippen molar-refractivity contribution in [1.29, 1.82) is 0 Å². The Labute approximate surface area is 161 Å². The van der Waals surface area contributed by atoms with Crippen LogP contribution in [0, 0.1) is 23.7 Å². The van der Waals surface area contributed by atoms with Gasteiger partial charge in [-0.1, -0.05) is 12.2 Å². The zero-order valence-electron chi connectivity index (χ0n) is 14.8. The van der Waals surface area contributed by atoms with E-state index >= 15 is 0 Å². The van der Waals surface area contributed by atoms with Crippen molar-refractivity contribution in [2.45, 2.75) is 12.8 Å². The van der Waals surface area contributed by atoms with Crippen LogP contribution in [0.1, 0.15) is 12.8 Å². The molecule has 1 saturated heterocycles. The van der Waals surface area contributed by atoms with Gasteiger partial charge in [-0.25, -0.2) is 0 Å². The summed E-state index contributed by atoms with van der Waals surface area (Å²) in [6, 6.07) is 0. The van der Waals surface area contributed by atoms with E-state index in [1.165, 1.54) is 4.90 Å². The minimum atomic E-state index is -0.0832. The summed E-state index contributed by atoms with van der Waals surface area (Å²) in [7, 11) is 7.82. The predicted octanol–water partition coefficient (Wildman–Crippen LogP) is 1.28. The molecule has 2 aliphatic carbocycles. The van der Waals surface area contributed by atoms with Gasteiger partial charge in [-0.15, -0.1) is 24.0 Å². The first-order valence-electron chi connectivity index (χ1n) is 8.34. The van der Waals surface area contributed by atoms with Gasteiger partial charge >= 0.3 is 0 Å². The van der Waals surface area contributed by atoms with E-state index in [0.717, 1.165) is 12.4 Å². The van der Waals surface area contributed by atoms with E-state index in [9.17, 15) is 9.59 Å². The topological polar surface area (TPSA) is 56.2 Å². The molecule has 7 heteroatoms. The van der Waals surface area contributed by atoms with Crippen molar-refractivity contribution in [3.05, 3.63) is 12.2 Å². The average molecular weight is 446 g/mol. The lowest BCUT2D eigenvalue weighted by atomic mass is 9.85. The lowest BCUT2D eigenvalue weighted by Crippen LogP contribution is -2.36. The summed E-state index contributed by atoms with van der Waals surface area (Å²) in [5, 5.41) is 0. The maximum Gasteiger partial charge on any atom is 0.233 e. The number of halogens is 1. The van der Waals surface area contributed by atoms with E-state index in [1.807, 2.05) is 38.0 Å². The van der Waals surface area contributed by atoms with Crippen LogP contribution in [0.2, 0.25) is 0 Å². The van der Waals surface area contributed by atoms with Crippen molar-refractivity contribution in [3.63, 3.8) is 0 Å². The van der Waals surface area contributed by atoms with Crippen LogP contribution in [0.15, 0.2) is 17.1 Å². The number of guanidine groups is 1. The van der Waals surface area contributed by atoms with E-state index in [4.69, 9.17) is 0 Å². The SMILES string of the molecule is CN(C)C(=NCCCN1C(=O)C2C3C=CC(C3)C2C1=O)N(C)C.I. The highest BCUT2D eigenvalue weighted by molar-refractivity contribution is 14.0. The summed E-state index contributed by atoms with van der Waals surface area (Å²) in [6.45, 7) is 1.10. The number of hydrogen-bond donors (Lipinski definition) is 0. The smallest absolute Gasteiger partial charge is 0.233 e. The van der Waals surface area contributed by atoms with E-state index in [0.29, 0.717) is 31.3 Å². The number of carbonyl (C=O) groups excluding carboxylic acids is 2. The molecule has 6 nitrogen and oxygen atoms in total. The summed E-state index contributed by atoms with van der Waals surface area (Å²) in [4.78, 5) is 35.1. The average Bonchev–Trinajstić information content (AvgIpc) is 3.14. The third-order valence-electron chi connectivity index (χ3n) is 5.15. The molecule has 2 fully saturated rings. The number of likely N-dealkylation sites (tertiary alicyclic amines) is 1. The first kappa shape index (κ1) is 19.2. The normalized spacial score (nSPS) is 29.6. The van der Waals surface area contributed by atoms with Gasteiger partial charge in [-0.3, -0.25) is 19.5 Å². The van der Waals surface area contributed by atoms with Crippen molar-refractivity contribution in [1.82, 2.24) is 14.7 Å². The molecule has 0 aromatic heterocycles. The minimum Gasteiger partial charge on any atom is -0.349 e. The molecule has 24 heavy (non-hydrogen) atoms. The van der Waals surface area contributed by atoms with Crippen LogP contribution in [-0.4, -0.2) is 73.8 Å². The van der Waals surface area contributed by atoms with Crippen LogP contribution in [0.4, 0.5) is 0 Å². The standard InChI is InChI=1S/C17H26N4O2.HI/c1-19(2)17(20(3)4)18-8-5-9-21-15(22)13-11-6-7-12(10-11)14(13)16(21)23;/h6-7,11-14H,5,8-10H2,1-4H3;1H. The monoisotopic (exact) mass is 446 g/mol. The molecule has 0 aromatic rings. The molecule has 2 amide bonds. The number of rotatable bonds is 4. The summed E-state index contributed by atoms with van der Waals surface area (Å²) in [6.07, 6.45) is 5.96. The van der Waals surface area contributed by atoms with Gasteiger partial charge < -0.3 is 9.80 Å². The molecule has 1 heterocycles. The Balaban J connectivity index is 0.00000208. The summed E-state index contributed by atoms with van der Waals surface area (Å²) in [5.41, 5.74) is 0. The molecular weight excluding hydrogens is 419 g/mol. The van der Waals surface area contributed by atoms with Crippen LogP contribution < -0.4 is 0 Å². The molecule has 4 atom stereocenters. The molecule has 1 aliphatic heterocycles. The Kier molecular flexibility index (Phi) is 5.93. The zero-order chi connectivity index (χ0) is 16.7. The molecule has 134 valence electrons. The summed E-state index contributed by atoms with van der Waals surface area (Å²) in [5.74, 6) is 1.39. The number of nitrogens with zero attached hydrogens (tertiary/aromatic N) is 4. The van der Waals surface area contributed by atoms with Gasteiger partial charge in [-0.05, 0) is 24.7 Å². The Morgan fingerprint density at radius 2 is 1.58 bits per heavy atom. The molecule has 3 rings (SSSR count). The molecule has 4 unspecified atom stereocenters. The van der Waals surface area contributed by atoms with Gasteiger partial charge in [-0.2, -0.15) is 0 Å². The van der Waals surface area contributed by atoms with Crippen LogP contribution in [0.3, 0.4) is 0 Å². The van der Waals surface area contributed by atoms with E-state index in [2.05, 4.69) is 17.1 Å². The molecule has 3 aliphatic rings. The fourth-order valence-electron chi connectivity index (χ4n) is 4.28. The Bertz CT molecular complexity index is 533. The van der Waals surface area contributed by atoms with E-state index < -0.39 is 0 Å². The lowest BCUT2D eigenvalue weighted by molar-refractivity contribution is -0.140. The van der Waals surface area contributed by atoms with Crippen molar-refractivity contribution in [2.75, 3.05) is 41.3 Å². The summed E-state index contributed by atoms with van der Waals surface area (Å²) < 4.78 is 0. The summed E-state index contributed by atoms with van der Waals surface area (Å²) >= 11 is 0. The van der Waals surface area contributed by atoms with Gasteiger partial charge in [0.1, 0.15) is 0 Å². The van der Waals surface area contributed by atoms with Crippen LogP contribution >= 0.6 is 24.0 Å². The molecule has 1 saturated carbocycles. The van der Waals surface area contributed by atoms with Gasteiger partial charge in [0, 0.05) is 41.3 Å². The second kappa shape index (κ2) is 7.41. The number of hydrogen-bond acceptors (Lipinski definition) is 3. The zero-order valence-corrected chi connectivity index (χ0v) is 17.1. The van der Waals surface area contributed by atoms with Crippen molar-refractivity contribution in [3.8, 4) is 0 Å². The van der Waals surface area contributed by atoms with Crippen LogP contribution in [0.25, 0.3) is 0 Å². The first-order valence-corrected chi connectivity index (χ1v) is 8.34.